The minimum Gasteiger partial charge on any atom is -0.475 e. The summed E-state index contributed by atoms with van der Waals surface area (Å²) in [5, 5.41) is 6.78. The lowest BCUT2D eigenvalue weighted by atomic mass is 10.1. The lowest BCUT2D eigenvalue weighted by Gasteiger charge is -2.20. The van der Waals surface area contributed by atoms with Crippen molar-refractivity contribution in [1.82, 2.24) is 20.5 Å². The average Bonchev–Trinajstić information content (AvgIpc) is 3.13. The summed E-state index contributed by atoms with van der Waals surface area (Å²) >= 11 is 0. The molecule has 1 fully saturated rings. The lowest BCUT2D eigenvalue weighted by molar-refractivity contribution is -0.133. The van der Waals surface area contributed by atoms with E-state index in [2.05, 4.69) is 43.3 Å². The molecule has 1 amide bonds. The van der Waals surface area contributed by atoms with E-state index in [9.17, 15) is 4.79 Å². The number of halogens is 1. The quantitative estimate of drug-likeness (QED) is 0.280. The maximum absolute atomic E-state index is 12.2. The van der Waals surface area contributed by atoms with Gasteiger partial charge in [-0.15, -0.1) is 24.0 Å². The summed E-state index contributed by atoms with van der Waals surface area (Å²) in [6, 6.07) is 4.15. The molecule has 0 saturated carbocycles. The molecule has 1 aromatic rings. The topological polar surface area (TPSA) is 78.9 Å². The summed E-state index contributed by atoms with van der Waals surface area (Å²) in [7, 11) is 0. The van der Waals surface area contributed by atoms with Crippen LogP contribution < -0.4 is 15.4 Å². The number of nitrogens with zero attached hydrogens (tertiary/aromatic N) is 3. The molecule has 2 atom stereocenters. The van der Waals surface area contributed by atoms with Crippen molar-refractivity contribution in [2.45, 2.75) is 73.1 Å². The molecule has 2 N–H and O–H groups in total. The number of aliphatic imine (C=N–C) groups is 1. The van der Waals surface area contributed by atoms with Crippen LogP contribution in [0.4, 0.5) is 0 Å². The lowest BCUT2D eigenvalue weighted by Crippen LogP contribution is -2.45. The Morgan fingerprint density at radius 2 is 2.06 bits per heavy atom. The third-order valence-corrected chi connectivity index (χ3v) is 5.02. The van der Waals surface area contributed by atoms with Gasteiger partial charge in [-0.25, -0.2) is 9.98 Å². The van der Waals surface area contributed by atoms with Crippen molar-refractivity contribution in [3.8, 4) is 5.88 Å². The van der Waals surface area contributed by atoms with Gasteiger partial charge in [0.25, 0.3) is 0 Å². The molecule has 8 heteroatoms. The van der Waals surface area contributed by atoms with Gasteiger partial charge in [0.05, 0.1) is 12.6 Å². The summed E-state index contributed by atoms with van der Waals surface area (Å²) in [5.74, 6) is 2.26. The first kappa shape index (κ1) is 27.5. The van der Waals surface area contributed by atoms with E-state index < -0.39 is 0 Å². The number of rotatable bonds is 9. The smallest absolute Gasteiger partial charge is 0.225 e. The van der Waals surface area contributed by atoms with Crippen LogP contribution in [0.2, 0.25) is 0 Å². The Bertz CT molecular complexity index is 711. The Balaban J connectivity index is 0.00000480. The van der Waals surface area contributed by atoms with Gasteiger partial charge in [-0.05, 0) is 44.2 Å². The van der Waals surface area contributed by atoms with Gasteiger partial charge >= 0.3 is 0 Å². The van der Waals surface area contributed by atoms with Crippen molar-refractivity contribution < 1.29 is 9.53 Å². The number of pyridine rings is 1. The fourth-order valence-corrected chi connectivity index (χ4v) is 3.66. The molecule has 0 radical (unpaired) electrons. The van der Waals surface area contributed by atoms with Gasteiger partial charge in [-0.2, -0.15) is 0 Å². The first-order chi connectivity index (χ1) is 14.3. The second-order valence-corrected chi connectivity index (χ2v) is 8.82. The third kappa shape index (κ3) is 9.62. The van der Waals surface area contributed by atoms with Crippen LogP contribution in [-0.2, 0) is 11.3 Å². The van der Waals surface area contributed by atoms with Gasteiger partial charge in [-0.3, -0.25) is 4.79 Å². The van der Waals surface area contributed by atoms with Gasteiger partial charge in [-0.1, -0.05) is 27.7 Å². The molecule has 2 heterocycles. The van der Waals surface area contributed by atoms with Crippen LogP contribution in [0.3, 0.4) is 0 Å². The van der Waals surface area contributed by atoms with Crippen molar-refractivity contribution in [1.29, 1.82) is 0 Å². The highest BCUT2D eigenvalue weighted by atomic mass is 127. The Morgan fingerprint density at radius 1 is 1.32 bits per heavy atom. The molecule has 0 aromatic carbocycles. The van der Waals surface area contributed by atoms with E-state index in [1.54, 1.807) is 6.20 Å². The van der Waals surface area contributed by atoms with E-state index >= 15 is 0 Å². The number of hydrogen-bond donors (Lipinski definition) is 2. The van der Waals surface area contributed by atoms with Gasteiger partial charge < -0.3 is 20.3 Å². The Kier molecular flexibility index (Phi) is 12.2. The number of amides is 1. The van der Waals surface area contributed by atoms with Gasteiger partial charge in [0.15, 0.2) is 5.96 Å². The summed E-state index contributed by atoms with van der Waals surface area (Å²) in [5.41, 5.74) is 1.05. The molecule has 0 aliphatic carbocycles. The molecular weight excluding hydrogens is 505 g/mol. The zero-order valence-electron chi connectivity index (χ0n) is 19.9. The molecule has 1 aromatic heterocycles. The fourth-order valence-electron chi connectivity index (χ4n) is 3.66. The number of nitrogens with one attached hydrogen (secondary N) is 2. The highest BCUT2D eigenvalue weighted by Gasteiger charge is 2.27. The normalized spacial score (nSPS) is 17.5. The molecule has 7 nitrogen and oxygen atoms in total. The van der Waals surface area contributed by atoms with E-state index in [0.717, 1.165) is 44.0 Å². The number of carbonyl (C=O) groups excluding carboxylic acids is 1. The first-order valence-corrected chi connectivity index (χ1v) is 11.2. The van der Waals surface area contributed by atoms with Crippen molar-refractivity contribution in [2.75, 3.05) is 19.6 Å². The van der Waals surface area contributed by atoms with Gasteiger partial charge in [0, 0.05) is 43.9 Å². The number of likely N-dealkylation sites (tertiary alicyclic amines) is 1. The van der Waals surface area contributed by atoms with E-state index in [0.29, 0.717) is 18.3 Å². The SMILES string of the molecule is CCNC(=NCc1ccnc(OC(C)CC(C)C)c1)NC1CCN(C(=O)C(C)C)C1.I. The molecule has 1 saturated heterocycles. The number of hydrogen-bond acceptors (Lipinski definition) is 4. The van der Waals surface area contributed by atoms with Crippen LogP contribution in [0.5, 0.6) is 5.88 Å². The van der Waals surface area contributed by atoms with Crippen molar-refractivity contribution in [3.63, 3.8) is 0 Å². The van der Waals surface area contributed by atoms with Crippen molar-refractivity contribution in [3.05, 3.63) is 23.9 Å². The third-order valence-electron chi connectivity index (χ3n) is 5.02. The van der Waals surface area contributed by atoms with Gasteiger partial charge in [0.2, 0.25) is 11.8 Å². The Hall–Kier alpha value is -1.58. The Morgan fingerprint density at radius 3 is 2.71 bits per heavy atom. The maximum Gasteiger partial charge on any atom is 0.225 e. The van der Waals surface area contributed by atoms with Crippen molar-refractivity contribution >= 4 is 35.8 Å². The maximum atomic E-state index is 12.2. The van der Waals surface area contributed by atoms with Crippen LogP contribution in [0.25, 0.3) is 0 Å². The second-order valence-electron chi connectivity index (χ2n) is 8.82. The molecule has 2 rings (SSSR count). The number of carbonyl (C=O) groups is 1. The van der Waals surface area contributed by atoms with Crippen LogP contribution in [0.1, 0.15) is 59.9 Å². The minimum absolute atomic E-state index is 0. The summed E-state index contributed by atoms with van der Waals surface area (Å²) in [4.78, 5) is 23.2. The zero-order valence-corrected chi connectivity index (χ0v) is 22.2. The highest BCUT2D eigenvalue weighted by Crippen LogP contribution is 2.16. The Labute approximate surface area is 204 Å². The average molecular weight is 546 g/mol. The second kappa shape index (κ2) is 13.8. The highest BCUT2D eigenvalue weighted by molar-refractivity contribution is 14.0. The first-order valence-electron chi connectivity index (χ1n) is 11.2. The van der Waals surface area contributed by atoms with E-state index in [4.69, 9.17) is 9.73 Å². The summed E-state index contributed by atoms with van der Waals surface area (Å²) in [6.07, 6.45) is 3.84. The van der Waals surface area contributed by atoms with Crippen molar-refractivity contribution in [2.24, 2.45) is 16.8 Å². The molecule has 2 unspecified atom stereocenters. The van der Waals surface area contributed by atoms with Crippen LogP contribution >= 0.6 is 24.0 Å². The van der Waals surface area contributed by atoms with Crippen LogP contribution in [0.15, 0.2) is 23.3 Å². The standard InChI is InChI=1S/C23H39N5O2.HI/c1-7-24-23(27-20-9-11-28(15-20)22(29)17(4)5)26-14-19-8-10-25-21(13-19)30-18(6)12-16(2)3;/h8,10,13,16-18,20H,7,9,11-12,14-15H2,1-6H3,(H2,24,26,27);1H. The molecule has 0 spiro atoms. The molecule has 176 valence electrons. The molecule has 31 heavy (non-hydrogen) atoms. The number of guanidine groups is 1. The molecular formula is C23H40IN5O2. The fraction of sp³-hybridized carbons (Fsp3) is 0.696. The zero-order chi connectivity index (χ0) is 22.1. The van der Waals surface area contributed by atoms with Gasteiger partial charge in [0.1, 0.15) is 0 Å². The van der Waals surface area contributed by atoms with Crippen LogP contribution in [-0.4, -0.2) is 53.5 Å². The molecule has 0 bridgehead atoms. The number of aromatic nitrogens is 1. The summed E-state index contributed by atoms with van der Waals surface area (Å²) in [6.45, 7) is 15.3. The largest absolute Gasteiger partial charge is 0.475 e. The predicted octanol–water partition coefficient (Wildman–Crippen LogP) is 3.83. The van der Waals surface area contributed by atoms with Crippen LogP contribution in [0, 0.1) is 11.8 Å². The van der Waals surface area contributed by atoms with E-state index in [-0.39, 0.29) is 47.9 Å². The summed E-state index contributed by atoms with van der Waals surface area (Å²) < 4.78 is 5.95. The van der Waals surface area contributed by atoms with E-state index in [1.807, 2.05) is 30.9 Å². The predicted molar refractivity (Wildman–Crippen MR) is 137 cm³/mol. The van der Waals surface area contributed by atoms with E-state index in [1.165, 1.54) is 0 Å². The minimum atomic E-state index is 0. The molecule has 1 aliphatic rings. The molecule has 1 aliphatic heterocycles. The number of ether oxygens (including phenoxy) is 1. The monoisotopic (exact) mass is 545 g/mol.